The van der Waals surface area contributed by atoms with Crippen molar-refractivity contribution in [2.75, 3.05) is 21.3 Å². The van der Waals surface area contributed by atoms with Crippen LogP contribution in [0.4, 0.5) is 0 Å². The number of nitrogens with one attached hydrogen (secondary N) is 1. The number of fused-ring (bicyclic) bond motifs is 1. The topological polar surface area (TPSA) is 80.8 Å². The van der Waals surface area contributed by atoms with Gasteiger partial charge in [0.1, 0.15) is 0 Å². The zero-order chi connectivity index (χ0) is 22.7. The zero-order valence-corrected chi connectivity index (χ0v) is 18.2. The highest BCUT2D eigenvalue weighted by Gasteiger charge is 2.42. The third-order valence-electron chi connectivity index (χ3n) is 5.83. The van der Waals surface area contributed by atoms with Crippen molar-refractivity contribution >= 4 is 11.8 Å². The molecule has 0 radical (unpaired) electrons. The molecular formula is C25H25N3O4. The average Bonchev–Trinajstić information content (AvgIpc) is 2.84. The lowest BCUT2D eigenvalue weighted by Gasteiger charge is -2.40. The number of amides is 2. The number of aromatic nitrogens is 1. The fourth-order valence-electron chi connectivity index (χ4n) is 4.21. The molecule has 0 unspecified atom stereocenters. The SMILES string of the molecule is COc1ccc([C@@H]2[C@H](C(=O)NCc3ccncc3)c3ccccc3C(=O)N2C)cc1OC. The van der Waals surface area contributed by atoms with Crippen molar-refractivity contribution in [3.8, 4) is 11.5 Å². The number of rotatable bonds is 6. The number of hydrogen-bond acceptors (Lipinski definition) is 5. The summed E-state index contributed by atoms with van der Waals surface area (Å²) in [6, 6.07) is 16.0. The molecule has 4 rings (SSSR count). The molecule has 2 aromatic carbocycles. The molecule has 164 valence electrons. The minimum absolute atomic E-state index is 0.126. The molecular weight excluding hydrogens is 406 g/mol. The minimum atomic E-state index is -0.589. The second-order valence-corrected chi connectivity index (χ2v) is 7.61. The molecule has 0 spiro atoms. The number of nitrogens with zero attached hydrogens (tertiary/aromatic N) is 2. The predicted molar refractivity (Wildman–Crippen MR) is 120 cm³/mol. The van der Waals surface area contributed by atoms with E-state index in [1.54, 1.807) is 50.7 Å². The summed E-state index contributed by atoms with van der Waals surface area (Å²) in [7, 11) is 4.85. The fourth-order valence-corrected chi connectivity index (χ4v) is 4.21. The van der Waals surface area contributed by atoms with Gasteiger partial charge in [-0.25, -0.2) is 0 Å². The van der Waals surface area contributed by atoms with Crippen LogP contribution >= 0.6 is 0 Å². The number of ether oxygens (including phenoxy) is 2. The summed E-state index contributed by atoms with van der Waals surface area (Å²) < 4.78 is 10.8. The van der Waals surface area contributed by atoms with Gasteiger partial charge in [0.15, 0.2) is 11.5 Å². The van der Waals surface area contributed by atoms with E-state index in [4.69, 9.17) is 9.47 Å². The van der Waals surface area contributed by atoms with Crippen LogP contribution in [0.1, 0.15) is 39.0 Å². The molecule has 0 aliphatic carbocycles. The molecule has 0 saturated carbocycles. The number of benzene rings is 2. The highest BCUT2D eigenvalue weighted by molar-refractivity contribution is 6.01. The van der Waals surface area contributed by atoms with Crippen LogP contribution in [-0.4, -0.2) is 43.0 Å². The number of methoxy groups -OCH3 is 2. The Morgan fingerprint density at radius 3 is 2.47 bits per heavy atom. The number of likely N-dealkylation sites (N-methyl/N-ethyl adjacent to an activating group) is 1. The van der Waals surface area contributed by atoms with E-state index in [0.29, 0.717) is 29.2 Å². The second-order valence-electron chi connectivity index (χ2n) is 7.61. The van der Waals surface area contributed by atoms with Gasteiger partial charge < -0.3 is 19.7 Å². The van der Waals surface area contributed by atoms with E-state index in [9.17, 15) is 9.59 Å². The van der Waals surface area contributed by atoms with Gasteiger partial charge in [-0.3, -0.25) is 14.6 Å². The van der Waals surface area contributed by atoms with Gasteiger partial charge >= 0.3 is 0 Å². The summed E-state index contributed by atoms with van der Waals surface area (Å²) in [4.78, 5) is 32.3. The van der Waals surface area contributed by atoms with Gasteiger partial charge in [-0.15, -0.1) is 0 Å². The van der Waals surface area contributed by atoms with Crippen molar-refractivity contribution in [1.29, 1.82) is 0 Å². The third-order valence-corrected chi connectivity index (χ3v) is 5.83. The van der Waals surface area contributed by atoms with E-state index in [-0.39, 0.29) is 11.8 Å². The van der Waals surface area contributed by atoms with Crippen LogP contribution in [0, 0.1) is 0 Å². The zero-order valence-electron chi connectivity index (χ0n) is 18.2. The predicted octanol–water partition coefficient (Wildman–Crippen LogP) is 3.33. The third kappa shape index (κ3) is 3.89. The van der Waals surface area contributed by atoms with E-state index in [2.05, 4.69) is 10.3 Å². The maximum absolute atomic E-state index is 13.5. The van der Waals surface area contributed by atoms with Crippen molar-refractivity contribution < 1.29 is 19.1 Å². The number of pyridine rings is 1. The van der Waals surface area contributed by atoms with Gasteiger partial charge in [-0.05, 0) is 47.0 Å². The first-order chi connectivity index (χ1) is 15.5. The lowest BCUT2D eigenvalue weighted by molar-refractivity contribution is -0.124. The van der Waals surface area contributed by atoms with E-state index in [0.717, 1.165) is 11.1 Å². The summed E-state index contributed by atoms with van der Waals surface area (Å²) in [6.07, 6.45) is 3.38. The molecule has 1 aliphatic heterocycles. The first-order valence-electron chi connectivity index (χ1n) is 10.3. The van der Waals surface area contributed by atoms with Gasteiger partial charge in [0.05, 0.1) is 26.2 Å². The summed E-state index contributed by atoms with van der Waals surface area (Å²) in [6.45, 7) is 0.371. The van der Waals surface area contributed by atoms with Crippen LogP contribution in [0.5, 0.6) is 11.5 Å². The summed E-state index contributed by atoms with van der Waals surface area (Å²) >= 11 is 0. The van der Waals surface area contributed by atoms with Crippen LogP contribution in [-0.2, 0) is 11.3 Å². The maximum atomic E-state index is 13.5. The molecule has 0 bridgehead atoms. The van der Waals surface area contributed by atoms with E-state index in [1.165, 1.54) is 0 Å². The second kappa shape index (κ2) is 9.09. The lowest BCUT2D eigenvalue weighted by Crippen LogP contribution is -2.45. The van der Waals surface area contributed by atoms with Crippen molar-refractivity contribution in [1.82, 2.24) is 15.2 Å². The Hall–Kier alpha value is -3.87. The van der Waals surface area contributed by atoms with E-state index < -0.39 is 12.0 Å². The van der Waals surface area contributed by atoms with Crippen molar-refractivity contribution in [3.05, 3.63) is 89.2 Å². The molecule has 0 fully saturated rings. The Kier molecular flexibility index (Phi) is 6.07. The molecule has 3 aromatic rings. The number of carbonyl (C=O) groups is 2. The van der Waals surface area contributed by atoms with Crippen molar-refractivity contribution in [2.45, 2.75) is 18.5 Å². The Labute approximate surface area is 187 Å². The summed E-state index contributed by atoms with van der Waals surface area (Å²) in [5, 5.41) is 3.04. The molecule has 1 N–H and O–H groups in total. The summed E-state index contributed by atoms with van der Waals surface area (Å²) in [5.41, 5.74) is 2.99. The highest BCUT2D eigenvalue weighted by atomic mass is 16.5. The monoisotopic (exact) mass is 431 g/mol. The smallest absolute Gasteiger partial charge is 0.254 e. The van der Waals surface area contributed by atoms with Crippen molar-refractivity contribution in [3.63, 3.8) is 0 Å². The van der Waals surface area contributed by atoms with E-state index in [1.807, 2.05) is 42.5 Å². The van der Waals surface area contributed by atoms with Crippen LogP contribution in [0.25, 0.3) is 0 Å². The Morgan fingerprint density at radius 1 is 1.03 bits per heavy atom. The normalized spacial score (nSPS) is 17.5. The van der Waals surface area contributed by atoms with Crippen LogP contribution in [0.2, 0.25) is 0 Å². The molecule has 1 aliphatic rings. The summed E-state index contributed by atoms with van der Waals surface area (Å²) in [5.74, 6) is 0.251. The standard InChI is InChI=1S/C25H25N3O4/c1-28-23(17-8-9-20(31-2)21(14-17)32-3)22(18-6-4-5-7-19(18)25(28)30)24(29)27-15-16-10-12-26-13-11-16/h4-14,22-23H,15H2,1-3H3,(H,27,29)/t22-,23-/m1/s1. The molecule has 32 heavy (non-hydrogen) atoms. The molecule has 1 aromatic heterocycles. The Balaban J connectivity index is 1.76. The quantitative estimate of drug-likeness (QED) is 0.648. The first-order valence-corrected chi connectivity index (χ1v) is 10.3. The minimum Gasteiger partial charge on any atom is -0.493 e. The number of carbonyl (C=O) groups excluding carboxylic acids is 2. The fraction of sp³-hybridized carbons (Fsp3) is 0.240. The highest BCUT2D eigenvalue weighted by Crippen LogP contribution is 2.43. The van der Waals surface area contributed by atoms with Gasteiger partial charge in [-0.1, -0.05) is 24.3 Å². The largest absolute Gasteiger partial charge is 0.493 e. The molecule has 2 heterocycles. The number of hydrogen-bond donors (Lipinski definition) is 1. The first kappa shape index (κ1) is 21.4. The van der Waals surface area contributed by atoms with Crippen LogP contribution in [0.15, 0.2) is 67.0 Å². The van der Waals surface area contributed by atoms with E-state index >= 15 is 0 Å². The van der Waals surface area contributed by atoms with Crippen LogP contribution in [0.3, 0.4) is 0 Å². The lowest BCUT2D eigenvalue weighted by atomic mass is 9.79. The van der Waals surface area contributed by atoms with Gasteiger partial charge in [-0.2, -0.15) is 0 Å². The van der Waals surface area contributed by atoms with Gasteiger partial charge in [0.25, 0.3) is 5.91 Å². The van der Waals surface area contributed by atoms with Gasteiger partial charge in [0.2, 0.25) is 5.91 Å². The molecule has 2 atom stereocenters. The van der Waals surface area contributed by atoms with Crippen molar-refractivity contribution in [2.24, 2.45) is 0 Å². The average molecular weight is 431 g/mol. The molecule has 7 heteroatoms. The Bertz CT molecular complexity index is 1130. The molecule has 2 amide bonds. The Morgan fingerprint density at radius 2 is 1.75 bits per heavy atom. The van der Waals surface area contributed by atoms with Crippen LogP contribution < -0.4 is 14.8 Å². The molecule has 0 saturated heterocycles. The maximum Gasteiger partial charge on any atom is 0.254 e. The van der Waals surface area contributed by atoms with Gasteiger partial charge in [0, 0.05) is 31.5 Å². The molecule has 7 nitrogen and oxygen atoms in total.